The number of carbonyl (C=O) groups excluding carboxylic acids is 3. The predicted molar refractivity (Wildman–Crippen MR) is 152 cm³/mol. The van der Waals surface area contributed by atoms with E-state index >= 15 is 0 Å². The Kier molecular flexibility index (Phi) is 25.5. The van der Waals surface area contributed by atoms with Gasteiger partial charge in [-0.3, -0.25) is 14.4 Å². The van der Waals surface area contributed by atoms with Gasteiger partial charge < -0.3 is 19.3 Å². The van der Waals surface area contributed by atoms with Gasteiger partial charge in [-0.15, -0.1) is 0 Å². The minimum Gasteiger partial charge on any atom is -0.475 e. The van der Waals surface area contributed by atoms with Crippen molar-refractivity contribution in [1.82, 2.24) is 0 Å². The highest BCUT2D eigenvalue weighted by Gasteiger charge is 2.21. The van der Waals surface area contributed by atoms with Crippen LogP contribution < -0.4 is 0 Å². The molecule has 0 aromatic rings. The summed E-state index contributed by atoms with van der Waals surface area (Å²) in [4.78, 5) is 46.5. The highest BCUT2D eigenvalue weighted by atomic mass is 16.7. The third-order valence-corrected chi connectivity index (χ3v) is 6.54. The monoisotopic (exact) mass is 554 g/mol. The predicted octanol–water partition coefficient (Wildman–Crippen LogP) is 7.81. The standard InChI is InChI=1S/C31H54O8/c1-3-5-7-9-11-13-15-17-19-21-28(33)37-26-24-30(38-27(23-25-32)31(35)36)39-29(34)22-20-18-16-14-12-10-8-6-4-2/h23,25,30H,3-22,24,26H2,1-2H3,(H,35,36)/b27-23+. The average Bonchev–Trinajstić information content (AvgIpc) is 2.90. The number of ether oxygens (including phenoxy) is 3. The topological polar surface area (TPSA) is 116 Å². The number of carboxylic acids is 1. The first-order chi connectivity index (χ1) is 18.9. The number of rotatable bonds is 28. The van der Waals surface area contributed by atoms with Gasteiger partial charge in [0.05, 0.1) is 13.0 Å². The lowest BCUT2D eigenvalue weighted by Gasteiger charge is -2.19. The van der Waals surface area contributed by atoms with Gasteiger partial charge in [0.15, 0.2) is 0 Å². The van der Waals surface area contributed by atoms with E-state index in [1.807, 2.05) is 0 Å². The number of carbonyl (C=O) groups is 4. The molecule has 8 nitrogen and oxygen atoms in total. The van der Waals surface area contributed by atoms with Gasteiger partial charge in [0.25, 0.3) is 0 Å². The number of esters is 2. The van der Waals surface area contributed by atoms with E-state index < -0.39 is 24.0 Å². The molecule has 0 fully saturated rings. The van der Waals surface area contributed by atoms with Crippen molar-refractivity contribution >= 4 is 24.2 Å². The van der Waals surface area contributed by atoms with Crippen molar-refractivity contribution in [3.8, 4) is 0 Å². The fourth-order valence-corrected chi connectivity index (χ4v) is 4.21. The molecule has 1 unspecified atom stereocenters. The Morgan fingerprint density at radius 3 is 1.51 bits per heavy atom. The smallest absolute Gasteiger partial charge is 0.371 e. The lowest BCUT2D eigenvalue weighted by molar-refractivity contribution is -0.179. The Hall–Kier alpha value is -2.38. The van der Waals surface area contributed by atoms with Gasteiger partial charge in [0.1, 0.15) is 6.29 Å². The minimum atomic E-state index is -1.45. The van der Waals surface area contributed by atoms with Crippen LogP contribution in [0.4, 0.5) is 0 Å². The van der Waals surface area contributed by atoms with E-state index in [2.05, 4.69) is 13.8 Å². The molecule has 0 saturated heterocycles. The van der Waals surface area contributed by atoms with E-state index in [9.17, 15) is 24.3 Å². The summed E-state index contributed by atoms with van der Waals surface area (Å²) in [6.45, 7) is 4.32. The second-order valence-electron chi connectivity index (χ2n) is 10.2. The van der Waals surface area contributed by atoms with E-state index in [4.69, 9.17) is 14.2 Å². The number of hydrogen-bond donors (Lipinski definition) is 1. The van der Waals surface area contributed by atoms with Crippen molar-refractivity contribution in [3.63, 3.8) is 0 Å². The zero-order valence-corrected chi connectivity index (χ0v) is 24.6. The number of carboxylic acid groups (broad SMARTS) is 1. The molecule has 0 aromatic carbocycles. The fraction of sp³-hybridized carbons (Fsp3) is 0.806. The van der Waals surface area contributed by atoms with Gasteiger partial charge in [0.2, 0.25) is 12.0 Å². The first-order valence-corrected chi connectivity index (χ1v) is 15.3. The van der Waals surface area contributed by atoms with E-state index in [0.717, 1.165) is 44.6 Å². The summed E-state index contributed by atoms with van der Waals surface area (Å²) in [6, 6.07) is 0. The van der Waals surface area contributed by atoms with Gasteiger partial charge in [-0.1, -0.05) is 117 Å². The van der Waals surface area contributed by atoms with Crippen molar-refractivity contribution in [2.45, 2.75) is 155 Å². The second-order valence-corrected chi connectivity index (χ2v) is 10.2. The number of hydrogen-bond acceptors (Lipinski definition) is 7. The quantitative estimate of drug-likeness (QED) is 0.0260. The van der Waals surface area contributed by atoms with Crippen molar-refractivity contribution in [3.05, 3.63) is 11.8 Å². The molecule has 0 rings (SSSR count). The molecule has 0 aliphatic heterocycles. The minimum absolute atomic E-state index is 0.0313. The molecule has 226 valence electrons. The maximum atomic E-state index is 12.3. The van der Waals surface area contributed by atoms with Crippen molar-refractivity contribution in [2.75, 3.05) is 6.61 Å². The summed E-state index contributed by atoms with van der Waals surface area (Å²) in [7, 11) is 0. The Morgan fingerprint density at radius 1 is 0.641 bits per heavy atom. The second kappa shape index (κ2) is 27.2. The van der Waals surface area contributed by atoms with E-state index in [1.165, 1.54) is 70.6 Å². The zero-order chi connectivity index (χ0) is 29.0. The van der Waals surface area contributed by atoms with Crippen LogP contribution in [0.15, 0.2) is 11.8 Å². The van der Waals surface area contributed by atoms with Gasteiger partial charge in [-0.2, -0.15) is 0 Å². The third kappa shape index (κ3) is 24.4. The average molecular weight is 555 g/mol. The normalized spacial score (nSPS) is 12.1. The van der Waals surface area contributed by atoms with Gasteiger partial charge in [0, 0.05) is 18.9 Å². The van der Waals surface area contributed by atoms with Crippen LogP contribution >= 0.6 is 0 Å². The lowest BCUT2D eigenvalue weighted by atomic mass is 10.1. The molecule has 0 aliphatic carbocycles. The van der Waals surface area contributed by atoms with Crippen LogP contribution in [-0.2, 0) is 33.4 Å². The summed E-state index contributed by atoms with van der Waals surface area (Å²) >= 11 is 0. The molecule has 0 heterocycles. The molecule has 1 atom stereocenters. The molecule has 0 amide bonds. The van der Waals surface area contributed by atoms with E-state index in [1.54, 1.807) is 0 Å². The van der Waals surface area contributed by atoms with Crippen LogP contribution in [-0.4, -0.2) is 42.2 Å². The van der Waals surface area contributed by atoms with E-state index in [-0.39, 0.29) is 31.7 Å². The van der Waals surface area contributed by atoms with E-state index in [0.29, 0.717) is 12.8 Å². The maximum absolute atomic E-state index is 12.3. The molecule has 1 N–H and O–H groups in total. The van der Waals surface area contributed by atoms with Crippen molar-refractivity contribution in [2.24, 2.45) is 0 Å². The fourth-order valence-electron chi connectivity index (χ4n) is 4.21. The summed E-state index contributed by atoms with van der Waals surface area (Å²) < 4.78 is 15.8. The number of unbranched alkanes of at least 4 members (excludes halogenated alkanes) is 16. The molecule has 0 aromatic heterocycles. The Balaban J connectivity index is 4.33. The van der Waals surface area contributed by atoms with Crippen LogP contribution in [0.1, 0.15) is 149 Å². The van der Waals surface area contributed by atoms with Gasteiger partial charge in [-0.05, 0) is 12.8 Å². The summed E-state index contributed by atoms with van der Waals surface area (Å²) in [6.07, 6.45) is 20.6. The number of aldehydes is 1. The molecule has 0 bridgehead atoms. The zero-order valence-electron chi connectivity index (χ0n) is 24.6. The summed E-state index contributed by atoms with van der Waals surface area (Å²) in [5, 5.41) is 9.23. The molecular formula is C31H54O8. The van der Waals surface area contributed by atoms with Crippen LogP contribution in [0.2, 0.25) is 0 Å². The Labute approximate surface area is 236 Å². The van der Waals surface area contributed by atoms with Gasteiger partial charge in [-0.25, -0.2) is 4.79 Å². The first-order valence-electron chi connectivity index (χ1n) is 15.3. The highest BCUT2D eigenvalue weighted by molar-refractivity contribution is 5.89. The molecule has 0 radical (unpaired) electrons. The van der Waals surface area contributed by atoms with Crippen LogP contribution in [0.25, 0.3) is 0 Å². The third-order valence-electron chi connectivity index (χ3n) is 6.54. The number of aliphatic carboxylic acids is 1. The molecule has 0 spiro atoms. The Bertz CT molecular complexity index is 674. The number of allylic oxidation sites excluding steroid dienone is 1. The maximum Gasteiger partial charge on any atom is 0.371 e. The summed E-state index contributed by atoms with van der Waals surface area (Å²) in [5.41, 5.74) is 0. The van der Waals surface area contributed by atoms with Crippen LogP contribution in [0.5, 0.6) is 0 Å². The van der Waals surface area contributed by atoms with Crippen molar-refractivity contribution in [1.29, 1.82) is 0 Å². The summed E-state index contributed by atoms with van der Waals surface area (Å²) in [5.74, 6) is -2.95. The Morgan fingerprint density at radius 2 is 1.08 bits per heavy atom. The largest absolute Gasteiger partial charge is 0.475 e. The molecule has 0 aliphatic rings. The van der Waals surface area contributed by atoms with Gasteiger partial charge >= 0.3 is 17.9 Å². The highest BCUT2D eigenvalue weighted by Crippen LogP contribution is 2.15. The lowest BCUT2D eigenvalue weighted by Crippen LogP contribution is -2.25. The molecule has 0 saturated carbocycles. The van der Waals surface area contributed by atoms with Crippen molar-refractivity contribution < 1.29 is 38.5 Å². The molecular weight excluding hydrogens is 500 g/mol. The first kappa shape index (κ1) is 36.6. The molecule has 8 heteroatoms. The molecule has 39 heavy (non-hydrogen) atoms. The SMILES string of the molecule is CCCCCCCCCCCC(=O)OCCC(OC(=O)CCCCCCCCCCC)O/C(=C/C=O)C(=O)O. The van der Waals surface area contributed by atoms with Crippen LogP contribution in [0, 0.1) is 0 Å². The van der Waals surface area contributed by atoms with Crippen LogP contribution in [0.3, 0.4) is 0 Å².